The summed E-state index contributed by atoms with van der Waals surface area (Å²) in [6, 6.07) is 3.42. The van der Waals surface area contributed by atoms with Crippen LogP contribution in [0.4, 0.5) is 0 Å². The maximum atomic E-state index is 12.0. The van der Waals surface area contributed by atoms with E-state index >= 15 is 0 Å². The Morgan fingerprint density at radius 3 is 2.76 bits per heavy atom. The van der Waals surface area contributed by atoms with Gasteiger partial charge in [-0.05, 0) is 13.0 Å². The van der Waals surface area contributed by atoms with Crippen LogP contribution >= 0.6 is 0 Å². The Morgan fingerprint density at radius 1 is 1.36 bits per heavy atom. The molecule has 3 N–H and O–H groups in total. The highest BCUT2D eigenvalue weighted by atomic mass is 16.9. The van der Waals surface area contributed by atoms with E-state index in [1.165, 1.54) is 12.8 Å². The molecule has 2 heterocycles. The maximum absolute atomic E-state index is 12.0. The van der Waals surface area contributed by atoms with Crippen molar-refractivity contribution in [3.63, 3.8) is 0 Å². The Bertz CT molecular complexity index is 710. The summed E-state index contributed by atoms with van der Waals surface area (Å²) in [5.74, 6) is -0.129. The van der Waals surface area contributed by atoms with E-state index in [1.54, 1.807) is 36.0 Å². The van der Waals surface area contributed by atoms with Crippen molar-refractivity contribution in [3.8, 4) is 0 Å². The van der Waals surface area contributed by atoms with Crippen LogP contribution in [0.2, 0.25) is 0 Å². The molecule has 2 aromatic heterocycles. The third kappa shape index (κ3) is 6.87. The zero-order valence-electron chi connectivity index (χ0n) is 14.9. The summed E-state index contributed by atoms with van der Waals surface area (Å²) in [6.07, 6.45) is 3.42. The van der Waals surface area contributed by atoms with Gasteiger partial charge in [0.2, 0.25) is 12.3 Å². The molecule has 1 amide bonds. The van der Waals surface area contributed by atoms with Crippen LogP contribution in [0, 0.1) is 6.92 Å². The molecule has 0 aliphatic heterocycles. The summed E-state index contributed by atoms with van der Waals surface area (Å²) in [4.78, 5) is 32.7. The van der Waals surface area contributed by atoms with Crippen molar-refractivity contribution < 1.29 is 33.5 Å². The third-order valence-corrected chi connectivity index (χ3v) is 2.95. The van der Waals surface area contributed by atoms with Gasteiger partial charge < -0.3 is 14.2 Å². The van der Waals surface area contributed by atoms with Gasteiger partial charge in [-0.1, -0.05) is 19.5 Å². The molecule has 0 aromatic carbocycles. The first-order valence-electron chi connectivity index (χ1n) is 7.93. The Hall–Kier alpha value is -2.49. The topological polar surface area (TPSA) is 111 Å². The van der Waals surface area contributed by atoms with E-state index in [9.17, 15) is 9.59 Å². The molecule has 2 rings (SSSR count). The standard InChI is InChI=1S/C14H18N3O6.C2H6/c1-10-12(23-14(19)22-10)9-17-6-3-4-11(8-17)13(18)15-5-7-21-16-20-2;1-2/h3-4,6,8H,5,7,9,16H2,1-2H3;1-2H3/q+1;/p+1. The predicted molar refractivity (Wildman–Crippen MR) is 86.3 cm³/mol. The van der Waals surface area contributed by atoms with Crippen molar-refractivity contribution in [1.82, 2.24) is 5.32 Å². The van der Waals surface area contributed by atoms with E-state index in [4.69, 9.17) is 13.7 Å². The molecular formula is C16H25N3O6+2. The lowest BCUT2D eigenvalue weighted by Gasteiger charge is -2.03. The average molecular weight is 355 g/mol. The summed E-state index contributed by atoms with van der Waals surface area (Å²) in [7, 11) is 1.48. The van der Waals surface area contributed by atoms with Crippen molar-refractivity contribution in [1.29, 1.82) is 0 Å². The van der Waals surface area contributed by atoms with Gasteiger partial charge in [0.1, 0.15) is 12.2 Å². The summed E-state index contributed by atoms with van der Waals surface area (Å²) < 4.78 is 11.5. The van der Waals surface area contributed by atoms with E-state index in [-0.39, 0.29) is 5.91 Å². The molecular weight excluding hydrogens is 330 g/mol. The van der Waals surface area contributed by atoms with Crippen LogP contribution < -0.4 is 21.3 Å². The number of aromatic nitrogens is 1. The summed E-state index contributed by atoms with van der Waals surface area (Å²) in [5.41, 5.74) is 1.68. The zero-order valence-corrected chi connectivity index (χ0v) is 14.9. The van der Waals surface area contributed by atoms with E-state index in [0.717, 1.165) is 0 Å². The first-order chi connectivity index (χ1) is 12.1. The van der Waals surface area contributed by atoms with Crippen LogP contribution in [-0.4, -0.2) is 26.2 Å². The minimum Gasteiger partial charge on any atom is -0.396 e. The predicted octanol–water partition coefficient (Wildman–Crippen LogP) is -0.311. The Labute approximate surface area is 145 Å². The van der Waals surface area contributed by atoms with Gasteiger partial charge in [-0.15, -0.1) is 0 Å². The lowest BCUT2D eigenvalue weighted by molar-refractivity contribution is -1.06. The molecule has 0 atom stereocenters. The van der Waals surface area contributed by atoms with Crippen LogP contribution in [-0.2, 0) is 16.2 Å². The molecule has 0 saturated carbocycles. The van der Waals surface area contributed by atoms with Gasteiger partial charge >= 0.3 is 5.82 Å². The van der Waals surface area contributed by atoms with E-state index in [0.29, 0.717) is 36.8 Å². The number of nitrogens with zero attached hydrogens (tertiary/aromatic N) is 1. The number of carbonyl (C=O) groups excluding carboxylic acids is 1. The van der Waals surface area contributed by atoms with Crippen molar-refractivity contribution in [3.05, 3.63) is 52.2 Å². The SMILES string of the molecule is CC.CO[NH2+]OCCNC(=O)c1ccc[n+](Cc2oc(=O)oc2C)c1. The number of rotatable bonds is 8. The zero-order chi connectivity index (χ0) is 18.7. The highest BCUT2D eigenvalue weighted by Crippen LogP contribution is 2.04. The molecule has 0 aliphatic rings. The van der Waals surface area contributed by atoms with Gasteiger partial charge in [0.05, 0.1) is 7.11 Å². The first kappa shape index (κ1) is 20.6. The molecule has 0 fully saturated rings. The Kier molecular flexibility index (Phi) is 9.15. The number of aryl methyl sites for hydroxylation is 1. The molecule has 138 valence electrons. The van der Waals surface area contributed by atoms with Gasteiger partial charge in [0.25, 0.3) is 5.91 Å². The third-order valence-electron chi connectivity index (χ3n) is 2.95. The second-order valence-electron chi connectivity index (χ2n) is 4.66. The van der Waals surface area contributed by atoms with Crippen LogP contribution in [0.5, 0.6) is 0 Å². The van der Waals surface area contributed by atoms with Crippen LogP contribution in [0.3, 0.4) is 0 Å². The Morgan fingerprint density at radius 2 is 2.12 bits per heavy atom. The number of hydrogen-bond donors (Lipinski definition) is 2. The van der Waals surface area contributed by atoms with E-state index in [2.05, 4.69) is 10.2 Å². The monoisotopic (exact) mass is 355 g/mol. The van der Waals surface area contributed by atoms with E-state index in [1.807, 2.05) is 13.8 Å². The number of pyridine rings is 1. The average Bonchev–Trinajstić information content (AvgIpc) is 2.93. The van der Waals surface area contributed by atoms with E-state index < -0.39 is 5.82 Å². The van der Waals surface area contributed by atoms with Gasteiger partial charge in [-0.2, -0.15) is 14.2 Å². The molecule has 9 heteroatoms. The second-order valence-corrected chi connectivity index (χ2v) is 4.66. The highest BCUT2D eigenvalue weighted by Gasteiger charge is 2.16. The smallest absolute Gasteiger partial charge is 0.396 e. The molecule has 0 saturated heterocycles. The molecule has 2 aromatic rings. The molecule has 9 nitrogen and oxygen atoms in total. The molecule has 0 unspecified atom stereocenters. The number of quaternary nitrogens is 1. The fourth-order valence-electron chi connectivity index (χ4n) is 1.88. The van der Waals surface area contributed by atoms with Gasteiger partial charge in [0, 0.05) is 12.6 Å². The molecule has 0 bridgehead atoms. The lowest BCUT2D eigenvalue weighted by Crippen LogP contribution is -2.81. The van der Waals surface area contributed by atoms with Gasteiger partial charge in [-0.3, -0.25) is 4.79 Å². The second kappa shape index (κ2) is 11.1. The molecule has 0 spiro atoms. The number of nitrogens with two attached hydrogens (primary N) is 1. The quantitative estimate of drug-likeness (QED) is 0.382. The number of nitrogens with one attached hydrogen (secondary N) is 1. The highest BCUT2D eigenvalue weighted by molar-refractivity contribution is 5.93. The number of carbonyl (C=O) groups is 1. The minimum absolute atomic E-state index is 0.231. The maximum Gasteiger partial charge on any atom is 0.519 e. The van der Waals surface area contributed by atoms with Crippen LogP contribution in [0.25, 0.3) is 0 Å². The van der Waals surface area contributed by atoms with Gasteiger partial charge in [-0.25, -0.2) is 4.79 Å². The number of amides is 1. The summed E-state index contributed by atoms with van der Waals surface area (Å²) in [5, 5.41) is 2.72. The van der Waals surface area contributed by atoms with Crippen LogP contribution in [0.15, 0.2) is 38.2 Å². The van der Waals surface area contributed by atoms with Crippen molar-refractivity contribution >= 4 is 5.91 Å². The largest absolute Gasteiger partial charge is 0.519 e. The van der Waals surface area contributed by atoms with Crippen molar-refractivity contribution in [2.75, 3.05) is 20.3 Å². The minimum atomic E-state index is -0.736. The van der Waals surface area contributed by atoms with Crippen LogP contribution in [0.1, 0.15) is 35.7 Å². The molecule has 0 radical (unpaired) electrons. The normalized spacial score (nSPS) is 10.1. The van der Waals surface area contributed by atoms with Crippen molar-refractivity contribution in [2.24, 2.45) is 0 Å². The number of hydrogen-bond acceptors (Lipinski definition) is 6. The van der Waals surface area contributed by atoms with Gasteiger partial charge in [0.15, 0.2) is 18.2 Å². The fraction of sp³-hybridized carbons (Fsp3) is 0.438. The van der Waals surface area contributed by atoms with Crippen molar-refractivity contribution in [2.45, 2.75) is 27.3 Å². The Balaban J connectivity index is 0.00000151. The summed E-state index contributed by atoms with van der Waals surface area (Å²) >= 11 is 0. The first-order valence-corrected chi connectivity index (χ1v) is 7.93. The molecule has 25 heavy (non-hydrogen) atoms. The summed E-state index contributed by atoms with van der Waals surface area (Å²) in [6.45, 7) is 6.61. The fourth-order valence-corrected chi connectivity index (χ4v) is 1.88. The lowest BCUT2D eigenvalue weighted by atomic mass is 10.2. The molecule has 0 aliphatic carbocycles.